The second-order valence-corrected chi connectivity index (χ2v) is 5.24. The smallest absolute Gasteiger partial charge is 0.339 e. The first-order valence-electron chi connectivity index (χ1n) is 6.74. The minimum absolute atomic E-state index is 0.0623. The highest BCUT2D eigenvalue weighted by Crippen LogP contribution is 2.34. The van der Waals surface area contributed by atoms with Gasteiger partial charge in [0.15, 0.2) is 5.75 Å². The van der Waals surface area contributed by atoms with E-state index < -0.39 is 5.97 Å². The number of aromatic carboxylic acids is 1. The van der Waals surface area contributed by atoms with Crippen LogP contribution in [-0.4, -0.2) is 47.6 Å². The van der Waals surface area contributed by atoms with Gasteiger partial charge in [0.25, 0.3) is 0 Å². The molecular weight excluding hydrogens is 262 g/mol. The predicted molar refractivity (Wildman–Crippen MR) is 69.0 cm³/mol. The molecule has 2 atom stereocenters. The van der Waals surface area contributed by atoms with Crippen molar-refractivity contribution in [3.8, 4) is 5.75 Å². The van der Waals surface area contributed by atoms with Crippen LogP contribution in [0.15, 0.2) is 18.5 Å². The number of aromatic nitrogens is 1. The molecule has 1 N–H and O–H groups in total. The van der Waals surface area contributed by atoms with E-state index in [0.717, 1.165) is 19.3 Å². The first-order chi connectivity index (χ1) is 9.69. The van der Waals surface area contributed by atoms with E-state index in [9.17, 15) is 4.79 Å². The molecule has 6 heteroatoms. The minimum Gasteiger partial charge on any atom is -0.488 e. The van der Waals surface area contributed by atoms with Gasteiger partial charge in [-0.05, 0) is 6.07 Å². The summed E-state index contributed by atoms with van der Waals surface area (Å²) < 4.78 is 17.1. The lowest BCUT2D eigenvalue weighted by atomic mass is 9.91. The maximum Gasteiger partial charge on any atom is 0.339 e. The van der Waals surface area contributed by atoms with Gasteiger partial charge < -0.3 is 19.3 Å². The van der Waals surface area contributed by atoms with Crippen molar-refractivity contribution in [1.82, 2.24) is 4.98 Å². The van der Waals surface area contributed by atoms with Gasteiger partial charge in [-0.25, -0.2) is 4.79 Å². The van der Waals surface area contributed by atoms with Gasteiger partial charge in [-0.15, -0.1) is 0 Å². The predicted octanol–water partition coefficient (Wildman–Crippen LogP) is 1.50. The van der Waals surface area contributed by atoms with Gasteiger partial charge in [0.05, 0.1) is 25.0 Å². The molecule has 2 unspecified atom stereocenters. The van der Waals surface area contributed by atoms with E-state index in [-0.39, 0.29) is 17.3 Å². The first kappa shape index (κ1) is 13.3. The number of nitrogens with zero attached hydrogens (tertiary/aromatic N) is 1. The van der Waals surface area contributed by atoms with Crippen LogP contribution >= 0.6 is 0 Å². The van der Waals surface area contributed by atoms with Gasteiger partial charge in [0.1, 0.15) is 11.7 Å². The third-order valence-electron chi connectivity index (χ3n) is 3.82. The van der Waals surface area contributed by atoms with Crippen LogP contribution in [0.5, 0.6) is 5.75 Å². The van der Waals surface area contributed by atoms with Crippen molar-refractivity contribution in [3.05, 3.63) is 24.0 Å². The molecule has 0 aromatic carbocycles. The van der Waals surface area contributed by atoms with E-state index in [0.29, 0.717) is 25.6 Å². The fourth-order valence-electron chi connectivity index (χ4n) is 2.78. The molecule has 20 heavy (non-hydrogen) atoms. The normalized spacial score (nSPS) is 29.5. The monoisotopic (exact) mass is 279 g/mol. The number of carbonyl (C=O) groups is 1. The van der Waals surface area contributed by atoms with Gasteiger partial charge >= 0.3 is 5.97 Å². The number of hydrogen-bond donors (Lipinski definition) is 1. The lowest BCUT2D eigenvalue weighted by molar-refractivity contribution is -0.112. The Morgan fingerprint density at radius 1 is 1.50 bits per heavy atom. The summed E-state index contributed by atoms with van der Waals surface area (Å²) in [4.78, 5) is 15.1. The quantitative estimate of drug-likeness (QED) is 0.903. The van der Waals surface area contributed by atoms with Crippen molar-refractivity contribution in [1.29, 1.82) is 0 Å². The molecule has 3 rings (SSSR count). The molecule has 2 saturated heterocycles. The molecule has 0 amide bonds. The summed E-state index contributed by atoms with van der Waals surface area (Å²) in [6, 6.07) is 1.45. The fourth-order valence-corrected chi connectivity index (χ4v) is 2.78. The number of ether oxygens (including phenoxy) is 3. The molecule has 2 aliphatic rings. The summed E-state index contributed by atoms with van der Waals surface area (Å²) in [5, 5.41) is 9.15. The van der Waals surface area contributed by atoms with Crippen LogP contribution in [-0.2, 0) is 9.47 Å². The van der Waals surface area contributed by atoms with Crippen molar-refractivity contribution < 1.29 is 24.1 Å². The van der Waals surface area contributed by atoms with E-state index in [1.165, 1.54) is 18.5 Å². The van der Waals surface area contributed by atoms with Gasteiger partial charge in [-0.1, -0.05) is 0 Å². The summed E-state index contributed by atoms with van der Waals surface area (Å²) in [5.41, 5.74) is -0.114. The average Bonchev–Trinajstić information content (AvgIpc) is 2.87. The summed E-state index contributed by atoms with van der Waals surface area (Å²) in [6.07, 6.45) is 5.18. The third kappa shape index (κ3) is 2.62. The highest BCUT2D eigenvalue weighted by Gasteiger charge is 2.42. The van der Waals surface area contributed by atoms with Crippen LogP contribution in [0.1, 0.15) is 29.6 Å². The zero-order valence-corrected chi connectivity index (χ0v) is 11.1. The van der Waals surface area contributed by atoms with Crippen LogP contribution < -0.4 is 4.74 Å². The van der Waals surface area contributed by atoms with E-state index >= 15 is 0 Å². The molecule has 6 nitrogen and oxygen atoms in total. The molecule has 0 saturated carbocycles. The molecular formula is C14H17NO5. The first-order valence-corrected chi connectivity index (χ1v) is 6.74. The van der Waals surface area contributed by atoms with Gasteiger partial charge in [-0.2, -0.15) is 0 Å². The number of hydrogen-bond acceptors (Lipinski definition) is 5. The summed E-state index contributed by atoms with van der Waals surface area (Å²) >= 11 is 0. The molecule has 108 valence electrons. The largest absolute Gasteiger partial charge is 0.488 e. The van der Waals surface area contributed by atoms with Crippen LogP contribution in [0.2, 0.25) is 0 Å². The topological polar surface area (TPSA) is 77.9 Å². The van der Waals surface area contributed by atoms with Gasteiger partial charge in [0.2, 0.25) is 0 Å². The lowest BCUT2D eigenvalue weighted by Gasteiger charge is -2.37. The molecule has 1 aromatic heterocycles. The van der Waals surface area contributed by atoms with E-state index in [4.69, 9.17) is 19.3 Å². The maximum atomic E-state index is 11.2. The van der Waals surface area contributed by atoms with E-state index in [1.807, 2.05) is 0 Å². The number of rotatable bonds is 3. The van der Waals surface area contributed by atoms with Crippen molar-refractivity contribution in [2.75, 3.05) is 19.8 Å². The van der Waals surface area contributed by atoms with Crippen molar-refractivity contribution in [2.45, 2.75) is 31.0 Å². The molecule has 2 aliphatic heterocycles. The Hall–Kier alpha value is -1.66. The molecule has 2 fully saturated rings. The summed E-state index contributed by atoms with van der Waals surface area (Å²) in [5.74, 6) is -0.686. The second-order valence-electron chi connectivity index (χ2n) is 5.24. The zero-order chi connectivity index (χ0) is 14.0. The maximum absolute atomic E-state index is 11.2. The average molecular weight is 279 g/mol. The lowest BCUT2D eigenvalue weighted by Crippen LogP contribution is -2.44. The molecule has 0 aliphatic carbocycles. The van der Waals surface area contributed by atoms with E-state index in [2.05, 4.69) is 4.98 Å². The Morgan fingerprint density at radius 2 is 2.40 bits per heavy atom. The summed E-state index contributed by atoms with van der Waals surface area (Å²) in [7, 11) is 0. The SMILES string of the molecule is O=C(O)c1ccncc1OC1CCOC2(CCOC2)C1. The van der Waals surface area contributed by atoms with Gasteiger partial charge in [0, 0.05) is 32.1 Å². The highest BCUT2D eigenvalue weighted by molar-refractivity contribution is 5.90. The Bertz CT molecular complexity index is 498. The molecule has 0 radical (unpaired) electrons. The third-order valence-corrected chi connectivity index (χ3v) is 3.82. The Balaban J connectivity index is 1.73. The molecule has 1 spiro atoms. The fraction of sp³-hybridized carbons (Fsp3) is 0.571. The number of carboxylic acid groups (broad SMARTS) is 1. The highest BCUT2D eigenvalue weighted by atomic mass is 16.6. The van der Waals surface area contributed by atoms with Crippen LogP contribution in [0.4, 0.5) is 0 Å². The molecule has 0 bridgehead atoms. The van der Waals surface area contributed by atoms with Crippen LogP contribution in [0.25, 0.3) is 0 Å². The molecule has 3 heterocycles. The van der Waals surface area contributed by atoms with Crippen molar-refractivity contribution in [2.24, 2.45) is 0 Å². The van der Waals surface area contributed by atoms with Crippen LogP contribution in [0, 0.1) is 0 Å². The standard InChI is InChI=1S/C14H17NO5/c16-13(17)11-1-4-15-8-12(11)20-10-2-5-19-14(7-10)3-6-18-9-14/h1,4,8,10H,2-3,5-7,9H2,(H,16,17). The van der Waals surface area contributed by atoms with Crippen molar-refractivity contribution >= 4 is 5.97 Å². The zero-order valence-electron chi connectivity index (χ0n) is 11.1. The summed E-state index contributed by atoms with van der Waals surface area (Å²) in [6.45, 7) is 1.91. The van der Waals surface area contributed by atoms with Crippen LogP contribution in [0.3, 0.4) is 0 Å². The van der Waals surface area contributed by atoms with Crippen molar-refractivity contribution in [3.63, 3.8) is 0 Å². The number of carboxylic acids is 1. The van der Waals surface area contributed by atoms with E-state index in [1.54, 1.807) is 0 Å². The number of pyridine rings is 1. The molecule has 1 aromatic rings. The van der Waals surface area contributed by atoms with Gasteiger partial charge in [-0.3, -0.25) is 4.98 Å². The Kier molecular flexibility index (Phi) is 3.58. The Morgan fingerprint density at radius 3 is 3.15 bits per heavy atom. The minimum atomic E-state index is -1.01. The Labute approximate surface area is 116 Å². The second kappa shape index (κ2) is 5.38.